The van der Waals surface area contributed by atoms with E-state index in [4.69, 9.17) is 9.84 Å². The Labute approximate surface area is 144 Å². The zero-order chi connectivity index (χ0) is 17.9. The average molecular weight is 349 g/mol. The number of thioether (sulfide) groups is 1. The number of benzene rings is 1. The largest absolute Gasteiger partial charge is 0.497 e. The van der Waals surface area contributed by atoms with Gasteiger partial charge in [-0.3, -0.25) is 14.4 Å². The van der Waals surface area contributed by atoms with Gasteiger partial charge in [-0.2, -0.15) is 0 Å². The molecule has 0 aliphatic carbocycles. The van der Waals surface area contributed by atoms with Crippen LogP contribution in [0, 0.1) is 0 Å². The number of nitrogens with zero attached hydrogens (tertiary/aromatic N) is 1. The fourth-order valence-corrected chi connectivity index (χ4v) is 3.65. The van der Waals surface area contributed by atoms with Crippen molar-refractivity contribution in [2.45, 2.75) is 18.7 Å². The third kappa shape index (κ3) is 3.46. The van der Waals surface area contributed by atoms with Gasteiger partial charge in [-0.15, -0.1) is 11.8 Å². The number of carboxylic acid groups (broad SMARTS) is 1. The molecule has 1 aliphatic rings. The molecule has 1 atom stereocenters. The van der Waals surface area contributed by atoms with Crippen LogP contribution in [0.2, 0.25) is 0 Å². The highest BCUT2D eigenvalue weighted by atomic mass is 32.2. The summed E-state index contributed by atoms with van der Waals surface area (Å²) in [6, 6.07) is 6.55. The second kappa shape index (κ2) is 7.53. The van der Waals surface area contributed by atoms with Crippen molar-refractivity contribution < 1.29 is 24.2 Å². The van der Waals surface area contributed by atoms with E-state index in [9.17, 15) is 14.4 Å². The molecule has 128 valence electrons. The molecule has 1 aromatic carbocycles. The first-order valence-corrected chi connectivity index (χ1v) is 8.47. The van der Waals surface area contributed by atoms with Gasteiger partial charge in [0.05, 0.1) is 13.5 Å². The normalized spacial score (nSPS) is 17.4. The Balaban J connectivity index is 2.48. The first kappa shape index (κ1) is 18.1. The molecule has 0 saturated carbocycles. The number of amides is 1. The van der Waals surface area contributed by atoms with Crippen molar-refractivity contribution in [3.05, 3.63) is 41.0 Å². The molecule has 1 heterocycles. The SMILES string of the molecule is CCS[C@@H]1C(C(=O)c2ccc(OC)cc2)=C(CC(=O)O)C(=O)N1C. The minimum absolute atomic E-state index is 0.0665. The molecule has 1 aromatic rings. The standard InChI is InChI=1S/C17H19NO5S/c1-4-24-17-14(12(9-13(19)20)16(22)18(17)2)15(21)10-5-7-11(23-3)8-6-10/h5-8,17H,4,9H2,1-3H3,(H,19,20)/t17-/m1/s1. The lowest BCUT2D eigenvalue weighted by Gasteiger charge is -2.21. The summed E-state index contributed by atoms with van der Waals surface area (Å²) in [5.74, 6) is -0.542. The minimum atomic E-state index is -1.13. The number of carbonyl (C=O) groups excluding carboxylic acids is 2. The molecule has 0 fully saturated rings. The monoisotopic (exact) mass is 349 g/mol. The van der Waals surface area contributed by atoms with E-state index in [1.807, 2.05) is 6.92 Å². The maximum absolute atomic E-state index is 12.9. The van der Waals surface area contributed by atoms with Crippen LogP contribution in [0.3, 0.4) is 0 Å². The number of rotatable bonds is 7. The fourth-order valence-electron chi connectivity index (χ4n) is 2.60. The van der Waals surface area contributed by atoms with Gasteiger partial charge < -0.3 is 14.7 Å². The summed E-state index contributed by atoms with van der Waals surface area (Å²) in [5, 5.41) is 8.63. The Morgan fingerprint density at radius 3 is 2.42 bits per heavy atom. The summed E-state index contributed by atoms with van der Waals surface area (Å²) in [7, 11) is 3.12. The Morgan fingerprint density at radius 1 is 1.29 bits per heavy atom. The molecule has 0 unspecified atom stereocenters. The number of likely N-dealkylation sites (N-methyl/N-ethyl adjacent to an activating group) is 1. The molecule has 1 N–H and O–H groups in total. The molecule has 1 aliphatic heterocycles. The molecular weight excluding hydrogens is 330 g/mol. The van der Waals surface area contributed by atoms with Gasteiger partial charge in [-0.1, -0.05) is 6.92 Å². The van der Waals surface area contributed by atoms with Crippen LogP contribution >= 0.6 is 11.8 Å². The third-order valence-corrected chi connectivity index (χ3v) is 4.95. The van der Waals surface area contributed by atoms with Crippen LogP contribution in [0.15, 0.2) is 35.4 Å². The summed E-state index contributed by atoms with van der Waals surface area (Å²) < 4.78 is 5.07. The van der Waals surface area contributed by atoms with Crippen molar-refractivity contribution in [2.75, 3.05) is 19.9 Å². The van der Waals surface area contributed by atoms with Gasteiger partial charge in [0.15, 0.2) is 5.78 Å². The van der Waals surface area contributed by atoms with E-state index in [-0.39, 0.29) is 16.9 Å². The van der Waals surface area contributed by atoms with Crippen molar-refractivity contribution in [1.29, 1.82) is 0 Å². The molecule has 0 radical (unpaired) electrons. The zero-order valence-electron chi connectivity index (χ0n) is 13.7. The Hall–Kier alpha value is -2.28. The third-order valence-electron chi connectivity index (χ3n) is 3.75. The fraction of sp³-hybridized carbons (Fsp3) is 0.353. The number of ether oxygens (including phenoxy) is 1. The predicted octanol–water partition coefficient (Wildman–Crippen LogP) is 2.20. The molecule has 6 nitrogen and oxygen atoms in total. The lowest BCUT2D eigenvalue weighted by atomic mass is 9.98. The van der Waals surface area contributed by atoms with E-state index in [0.29, 0.717) is 17.1 Å². The Kier molecular flexibility index (Phi) is 5.66. The van der Waals surface area contributed by atoms with Crippen molar-refractivity contribution in [2.24, 2.45) is 0 Å². The maximum Gasteiger partial charge on any atom is 0.308 e. The molecular formula is C17H19NO5S. The Morgan fingerprint density at radius 2 is 1.92 bits per heavy atom. The van der Waals surface area contributed by atoms with Crippen LogP contribution in [-0.2, 0) is 9.59 Å². The average Bonchev–Trinajstić information content (AvgIpc) is 2.79. The lowest BCUT2D eigenvalue weighted by Crippen LogP contribution is -2.31. The van der Waals surface area contributed by atoms with Crippen molar-refractivity contribution >= 4 is 29.4 Å². The summed E-state index contributed by atoms with van der Waals surface area (Å²) >= 11 is 1.43. The van der Waals surface area contributed by atoms with Gasteiger partial charge in [-0.25, -0.2) is 0 Å². The Bertz CT molecular complexity index is 695. The summed E-state index contributed by atoms with van der Waals surface area (Å²) in [6.45, 7) is 1.92. The van der Waals surface area contributed by atoms with Crippen LogP contribution in [0.5, 0.6) is 5.75 Å². The highest BCUT2D eigenvalue weighted by molar-refractivity contribution is 8.00. The number of hydrogen-bond donors (Lipinski definition) is 1. The number of carboxylic acids is 1. The van der Waals surface area contributed by atoms with E-state index in [1.165, 1.54) is 23.8 Å². The van der Waals surface area contributed by atoms with Crippen LogP contribution in [0.25, 0.3) is 0 Å². The summed E-state index contributed by atoms with van der Waals surface area (Å²) in [4.78, 5) is 37.9. The van der Waals surface area contributed by atoms with Crippen molar-refractivity contribution in [3.8, 4) is 5.75 Å². The number of carbonyl (C=O) groups is 3. The van der Waals surface area contributed by atoms with Crippen LogP contribution in [-0.4, -0.2) is 53.0 Å². The van der Waals surface area contributed by atoms with Crippen LogP contribution in [0.1, 0.15) is 23.7 Å². The smallest absolute Gasteiger partial charge is 0.308 e. The highest BCUT2D eigenvalue weighted by Gasteiger charge is 2.41. The van der Waals surface area contributed by atoms with Gasteiger partial charge in [-0.05, 0) is 30.0 Å². The molecule has 1 amide bonds. The first-order chi connectivity index (χ1) is 11.4. The second-order valence-corrected chi connectivity index (χ2v) is 6.60. The van der Waals surface area contributed by atoms with E-state index in [0.717, 1.165) is 0 Å². The number of Topliss-reactive ketones (excluding diaryl/α,β-unsaturated/α-hetero) is 1. The zero-order valence-corrected chi connectivity index (χ0v) is 14.6. The highest BCUT2D eigenvalue weighted by Crippen LogP contribution is 2.36. The molecule has 7 heteroatoms. The second-order valence-electron chi connectivity index (χ2n) is 5.24. The maximum atomic E-state index is 12.9. The first-order valence-electron chi connectivity index (χ1n) is 7.43. The van der Waals surface area contributed by atoms with Crippen LogP contribution < -0.4 is 4.74 Å². The quantitative estimate of drug-likeness (QED) is 0.760. The molecule has 0 bridgehead atoms. The van der Waals surface area contributed by atoms with Gasteiger partial charge in [0.25, 0.3) is 5.91 Å². The summed E-state index contributed by atoms with van der Waals surface area (Å²) in [5.41, 5.74) is 0.733. The van der Waals surface area contributed by atoms with E-state index < -0.39 is 23.7 Å². The lowest BCUT2D eigenvalue weighted by molar-refractivity contribution is -0.137. The number of aliphatic carboxylic acids is 1. The van der Waals surface area contributed by atoms with E-state index >= 15 is 0 Å². The predicted molar refractivity (Wildman–Crippen MR) is 91.3 cm³/mol. The van der Waals surface area contributed by atoms with Gasteiger partial charge in [0, 0.05) is 23.8 Å². The van der Waals surface area contributed by atoms with E-state index in [2.05, 4.69) is 0 Å². The van der Waals surface area contributed by atoms with Gasteiger partial charge in [0.2, 0.25) is 0 Å². The van der Waals surface area contributed by atoms with Gasteiger partial charge in [0.1, 0.15) is 11.1 Å². The molecule has 0 saturated heterocycles. The number of hydrogen-bond acceptors (Lipinski definition) is 5. The topological polar surface area (TPSA) is 83.9 Å². The summed E-state index contributed by atoms with van der Waals surface area (Å²) in [6.07, 6.45) is -0.457. The molecule has 0 aromatic heterocycles. The molecule has 24 heavy (non-hydrogen) atoms. The minimum Gasteiger partial charge on any atom is -0.497 e. The van der Waals surface area contributed by atoms with E-state index in [1.54, 1.807) is 31.3 Å². The number of ketones is 1. The molecule has 2 rings (SSSR count). The van der Waals surface area contributed by atoms with Crippen molar-refractivity contribution in [1.82, 2.24) is 4.90 Å². The van der Waals surface area contributed by atoms with Crippen molar-refractivity contribution in [3.63, 3.8) is 0 Å². The molecule has 0 spiro atoms. The van der Waals surface area contributed by atoms with Crippen LogP contribution in [0.4, 0.5) is 0 Å². The van der Waals surface area contributed by atoms with Gasteiger partial charge >= 0.3 is 5.97 Å². The number of methoxy groups -OCH3 is 1.